The molecule has 0 N–H and O–H groups in total. The molecule has 4 heteroatoms. The zero-order chi connectivity index (χ0) is 20.4. The lowest BCUT2D eigenvalue weighted by atomic mass is 9.73. The van der Waals surface area contributed by atoms with Crippen molar-refractivity contribution in [3.05, 3.63) is 78.0 Å². The quantitative estimate of drug-likeness (QED) is 0.653. The number of carbonyl (C=O) groups excluding carboxylic acids is 1. The van der Waals surface area contributed by atoms with Gasteiger partial charge >= 0.3 is 0 Å². The Balaban J connectivity index is 1.35. The predicted molar refractivity (Wildman–Crippen MR) is 118 cm³/mol. The highest BCUT2D eigenvalue weighted by molar-refractivity contribution is 5.88. The average molecular weight is 401 g/mol. The highest BCUT2D eigenvalue weighted by atomic mass is 16.5. The van der Waals surface area contributed by atoms with Gasteiger partial charge in [0, 0.05) is 37.9 Å². The van der Waals surface area contributed by atoms with Gasteiger partial charge in [-0.2, -0.15) is 0 Å². The lowest BCUT2D eigenvalue weighted by molar-refractivity contribution is -0.140. The molecule has 3 aromatic rings. The molecule has 4 nitrogen and oxygen atoms in total. The second kappa shape index (κ2) is 8.19. The lowest BCUT2D eigenvalue weighted by Gasteiger charge is -2.39. The minimum atomic E-state index is -0.433. The number of benzene rings is 2. The third-order valence-corrected chi connectivity index (χ3v) is 6.90. The molecule has 0 aliphatic carbocycles. The summed E-state index contributed by atoms with van der Waals surface area (Å²) in [6.07, 6.45) is 5.44. The predicted octanol–water partition coefficient (Wildman–Crippen LogP) is 4.37. The van der Waals surface area contributed by atoms with Gasteiger partial charge in [0.15, 0.2) is 0 Å². The van der Waals surface area contributed by atoms with Gasteiger partial charge in [-0.15, -0.1) is 0 Å². The molecule has 2 saturated heterocycles. The van der Waals surface area contributed by atoms with E-state index in [2.05, 4.69) is 46.3 Å². The number of rotatable bonds is 4. The van der Waals surface area contributed by atoms with Crippen molar-refractivity contribution < 1.29 is 9.53 Å². The van der Waals surface area contributed by atoms with Crippen LogP contribution in [-0.2, 0) is 21.4 Å². The zero-order valence-electron chi connectivity index (χ0n) is 17.3. The second-order valence-corrected chi connectivity index (χ2v) is 8.66. The fraction of sp³-hybridized carbons (Fsp3) is 0.385. The number of aromatic nitrogens is 1. The molecular weight excluding hydrogens is 372 g/mol. The smallest absolute Gasteiger partial charge is 0.233 e. The molecule has 0 spiro atoms. The van der Waals surface area contributed by atoms with Crippen molar-refractivity contribution in [2.24, 2.45) is 5.92 Å². The molecule has 5 rings (SSSR count). The van der Waals surface area contributed by atoms with E-state index in [-0.39, 0.29) is 0 Å². The Kier molecular flexibility index (Phi) is 5.26. The van der Waals surface area contributed by atoms with Gasteiger partial charge in [-0.25, -0.2) is 0 Å². The summed E-state index contributed by atoms with van der Waals surface area (Å²) in [5.41, 5.74) is 3.09. The van der Waals surface area contributed by atoms with Crippen LogP contribution in [0.3, 0.4) is 0 Å². The summed E-state index contributed by atoms with van der Waals surface area (Å²) in [7, 11) is 0. The molecule has 30 heavy (non-hydrogen) atoms. The molecule has 1 amide bonds. The molecule has 1 aromatic heterocycles. The summed E-state index contributed by atoms with van der Waals surface area (Å²) in [5.74, 6) is 0.784. The summed E-state index contributed by atoms with van der Waals surface area (Å²) < 4.78 is 5.62. The SMILES string of the molecule is O=C(N1CC[C@@H](Cc2cccc3ncccc23)C1)C1(c2ccccc2)CCOCC1. The minimum absolute atomic E-state index is 0.291. The van der Waals surface area contributed by atoms with Crippen LogP contribution in [0.1, 0.15) is 30.4 Å². The summed E-state index contributed by atoms with van der Waals surface area (Å²) in [5, 5.41) is 1.23. The molecule has 3 heterocycles. The molecule has 2 fully saturated rings. The second-order valence-electron chi connectivity index (χ2n) is 8.66. The Morgan fingerprint density at radius 3 is 2.70 bits per heavy atom. The van der Waals surface area contributed by atoms with Gasteiger partial charge < -0.3 is 9.64 Å². The van der Waals surface area contributed by atoms with Crippen molar-refractivity contribution >= 4 is 16.8 Å². The van der Waals surface area contributed by atoms with Crippen LogP contribution in [0.25, 0.3) is 10.9 Å². The Labute approximate surface area is 177 Å². The van der Waals surface area contributed by atoms with E-state index in [4.69, 9.17) is 4.74 Å². The fourth-order valence-electron chi connectivity index (χ4n) is 5.25. The number of ether oxygens (including phenoxy) is 1. The van der Waals surface area contributed by atoms with Crippen LogP contribution in [0.15, 0.2) is 66.9 Å². The van der Waals surface area contributed by atoms with Crippen LogP contribution in [-0.4, -0.2) is 42.1 Å². The van der Waals surface area contributed by atoms with Gasteiger partial charge in [0.1, 0.15) is 0 Å². The van der Waals surface area contributed by atoms with Gasteiger partial charge in [0.2, 0.25) is 5.91 Å². The van der Waals surface area contributed by atoms with Crippen LogP contribution in [0, 0.1) is 5.92 Å². The average Bonchev–Trinajstić information content (AvgIpc) is 3.28. The van der Waals surface area contributed by atoms with E-state index in [0.29, 0.717) is 25.0 Å². The third kappa shape index (κ3) is 3.50. The first-order valence-electron chi connectivity index (χ1n) is 11.0. The largest absolute Gasteiger partial charge is 0.381 e. The number of amides is 1. The monoisotopic (exact) mass is 400 g/mol. The van der Waals surface area contributed by atoms with Crippen molar-refractivity contribution in [2.45, 2.75) is 31.1 Å². The maximum Gasteiger partial charge on any atom is 0.233 e. The van der Waals surface area contributed by atoms with Crippen molar-refractivity contribution in [1.82, 2.24) is 9.88 Å². The molecule has 2 aromatic carbocycles. The fourth-order valence-corrected chi connectivity index (χ4v) is 5.25. The standard InChI is InChI=1S/C26H28N2O2/c29-25(26(12-16-30-17-13-26)22-7-2-1-3-8-22)28-15-11-20(19-28)18-21-6-4-10-24-23(21)9-5-14-27-24/h1-10,14,20H,11-13,15-19H2/t20-/m0/s1. The van der Waals surface area contributed by atoms with E-state index in [0.717, 1.165) is 49.9 Å². The highest BCUT2D eigenvalue weighted by Crippen LogP contribution is 2.38. The molecule has 0 bridgehead atoms. The van der Waals surface area contributed by atoms with Crippen LogP contribution in [0.2, 0.25) is 0 Å². The topological polar surface area (TPSA) is 42.4 Å². The number of likely N-dealkylation sites (tertiary alicyclic amines) is 1. The van der Waals surface area contributed by atoms with Gasteiger partial charge in [-0.05, 0) is 54.9 Å². The first kappa shape index (κ1) is 19.3. The van der Waals surface area contributed by atoms with E-state index in [1.807, 2.05) is 30.5 Å². The molecule has 0 unspecified atom stereocenters. The Bertz CT molecular complexity index is 1020. The molecule has 2 aliphatic rings. The first-order chi connectivity index (χ1) is 14.8. The van der Waals surface area contributed by atoms with Crippen molar-refractivity contribution in [3.63, 3.8) is 0 Å². The van der Waals surface area contributed by atoms with Crippen molar-refractivity contribution in [2.75, 3.05) is 26.3 Å². The molecule has 2 aliphatic heterocycles. The summed E-state index contributed by atoms with van der Waals surface area (Å²) in [6.45, 7) is 2.99. The number of pyridine rings is 1. The van der Waals surface area contributed by atoms with Crippen molar-refractivity contribution in [1.29, 1.82) is 0 Å². The summed E-state index contributed by atoms with van der Waals surface area (Å²) >= 11 is 0. The highest BCUT2D eigenvalue weighted by Gasteiger charge is 2.45. The van der Waals surface area contributed by atoms with E-state index in [9.17, 15) is 4.79 Å². The number of hydrogen-bond acceptors (Lipinski definition) is 3. The number of fused-ring (bicyclic) bond motifs is 1. The maximum absolute atomic E-state index is 13.8. The van der Waals surface area contributed by atoms with Gasteiger partial charge in [0.25, 0.3) is 0 Å². The van der Waals surface area contributed by atoms with Crippen molar-refractivity contribution in [3.8, 4) is 0 Å². The Morgan fingerprint density at radius 2 is 1.87 bits per heavy atom. The lowest BCUT2D eigenvalue weighted by Crippen LogP contribution is -2.49. The zero-order valence-corrected chi connectivity index (χ0v) is 17.3. The molecule has 0 saturated carbocycles. The number of nitrogens with zero attached hydrogens (tertiary/aromatic N) is 2. The summed E-state index contributed by atoms with van der Waals surface area (Å²) in [4.78, 5) is 20.4. The van der Waals surface area contributed by atoms with Crippen LogP contribution >= 0.6 is 0 Å². The minimum Gasteiger partial charge on any atom is -0.381 e. The van der Waals surface area contributed by atoms with E-state index >= 15 is 0 Å². The van der Waals surface area contributed by atoms with Crippen LogP contribution < -0.4 is 0 Å². The third-order valence-electron chi connectivity index (χ3n) is 6.90. The molecular formula is C26H28N2O2. The molecule has 0 radical (unpaired) electrons. The Hall–Kier alpha value is -2.72. The Morgan fingerprint density at radius 1 is 1.03 bits per heavy atom. The van der Waals surface area contributed by atoms with E-state index in [1.165, 1.54) is 10.9 Å². The van der Waals surface area contributed by atoms with Gasteiger partial charge in [-0.3, -0.25) is 9.78 Å². The summed E-state index contributed by atoms with van der Waals surface area (Å²) in [6, 6.07) is 20.9. The van der Waals surface area contributed by atoms with E-state index in [1.54, 1.807) is 0 Å². The number of hydrogen-bond donors (Lipinski definition) is 0. The van der Waals surface area contributed by atoms with Crippen LogP contribution in [0.4, 0.5) is 0 Å². The number of carbonyl (C=O) groups is 1. The maximum atomic E-state index is 13.8. The first-order valence-corrected chi connectivity index (χ1v) is 11.0. The van der Waals surface area contributed by atoms with Gasteiger partial charge in [0.05, 0.1) is 10.9 Å². The molecule has 1 atom stereocenters. The normalized spacial score (nSPS) is 21.1. The molecule has 154 valence electrons. The van der Waals surface area contributed by atoms with E-state index < -0.39 is 5.41 Å². The van der Waals surface area contributed by atoms with Gasteiger partial charge in [-0.1, -0.05) is 48.5 Å². The van der Waals surface area contributed by atoms with Crippen LogP contribution in [0.5, 0.6) is 0 Å².